The van der Waals surface area contributed by atoms with Gasteiger partial charge in [-0.05, 0) is 23.8 Å². The van der Waals surface area contributed by atoms with Crippen molar-refractivity contribution < 1.29 is 18.4 Å². The molecule has 0 amide bonds. The van der Waals surface area contributed by atoms with Gasteiger partial charge < -0.3 is 9.05 Å². The Hall–Kier alpha value is -0.440. The summed E-state index contributed by atoms with van der Waals surface area (Å²) in [5.41, 5.74) is -0.961. The zero-order chi connectivity index (χ0) is 15.3. The van der Waals surface area contributed by atoms with Gasteiger partial charge >= 0.3 is 7.60 Å². The van der Waals surface area contributed by atoms with Crippen LogP contribution in [0.3, 0.4) is 0 Å². The summed E-state index contributed by atoms with van der Waals surface area (Å²) in [6.45, 7) is 13.8. The molecule has 0 saturated carbocycles. The van der Waals surface area contributed by atoms with Crippen molar-refractivity contribution >= 4 is 13.1 Å². The van der Waals surface area contributed by atoms with Crippen LogP contribution in [0.4, 0.5) is 0 Å². The van der Waals surface area contributed by atoms with E-state index in [1.807, 2.05) is 41.5 Å². The van der Waals surface area contributed by atoms with Crippen LogP contribution >= 0.6 is 7.60 Å². The SMILES string of the molecule is C/C=C/C(=O)P(=O)(OCC(C)(C)C)OCC(C)(C)C. The highest BCUT2D eigenvalue weighted by Gasteiger charge is 2.35. The third-order valence-corrected chi connectivity index (χ3v) is 3.54. The molecular formula is C14H27O4P. The number of rotatable bonds is 6. The molecule has 112 valence electrons. The number of hydrogen-bond acceptors (Lipinski definition) is 4. The van der Waals surface area contributed by atoms with E-state index in [1.54, 1.807) is 6.92 Å². The highest BCUT2D eigenvalue weighted by Crippen LogP contribution is 2.51. The lowest BCUT2D eigenvalue weighted by Crippen LogP contribution is -2.19. The van der Waals surface area contributed by atoms with Crippen LogP contribution in [0.5, 0.6) is 0 Å². The van der Waals surface area contributed by atoms with Crippen molar-refractivity contribution in [2.24, 2.45) is 10.8 Å². The van der Waals surface area contributed by atoms with Gasteiger partial charge in [-0.15, -0.1) is 0 Å². The number of hydrogen-bond donors (Lipinski definition) is 0. The maximum Gasteiger partial charge on any atom is 0.401 e. The molecule has 0 aromatic rings. The van der Waals surface area contributed by atoms with E-state index < -0.39 is 13.1 Å². The van der Waals surface area contributed by atoms with E-state index >= 15 is 0 Å². The molecule has 19 heavy (non-hydrogen) atoms. The summed E-state index contributed by atoms with van der Waals surface area (Å²) >= 11 is 0. The first kappa shape index (κ1) is 18.6. The highest BCUT2D eigenvalue weighted by atomic mass is 31.2. The summed E-state index contributed by atoms with van der Waals surface area (Å²) in [5, 5.41) is 0. The predicted octanol–water partition coefficient (Wildman–Crippen LogP) is 4.41. The van der Waals surface area contributed by atoms with Crippen LogP contribution in [-0.4, -0.2) is 18.7 Å². The van der Waals surface area contributed by atoms with Crippen LogP contribution in [0, 0.1) is 10.8 Å². The van der Waals surface area contributed by atoms with Crippen LogP contribution in [0.1, 0.15) is 48.5 Å². The Labute approximate surface area is 117 Å². The second-order valence-corrected chi connectivity index (χ2v) is 8.96. The van der Waals surface area contributed by atoms with Gasteiger partial charge in [-0.1, -0.05) is 47.6 Å². The molecule has 0 saturated heterocycles. The average molecular weight is 290 g/mol. The first-order valence-electron chi connectivity index (χ1n) is 6.46. The minimum atomic E-state index is -3.75. The Morgan fingerprint density at radius 2 is 1.37 bits per heavy atom. The quantitative estimate of drug-likeness (QED) is 0.537. The van der Waals surface area contributed by atoms with Crippen molar-refractivity contribution in [3.05, 3.63) is 12.2 Å². The van der Waals surface area contributed by atoms with Crippen LogP contribution in [0.2, 0.25) is 0 Å². The van der Waals surface area contributed by atoms with E-state index in [0.29, 0.717) is 0 Å². The number of carbonyl (C=O) groups excluding carboxylic acids is 1. The summed E-state index contributed by atoms with van der Waals surface area (Å²) in [4.78, 5) is 11.9. The molecule has 0 unspecified atom stereocenters. The molecule has 0 N–H and O–H groups in total. The average Bonchev–Trinajstić information content (AvgIpc) is 2.22. The third kappa shape index (κ3) is 8.35. The largest absolute Gasteiger partial charge is 0.401 e. The molecule has 0 radical (unpaired) electrons. The van der Waals surface area contributed by atoms with Crippen molar-refractivity contribution in [2.75, 3.05) is 13.2 Å². The van der Waals surface area contributed by atoms with Crippen LogP contribution in [0.25, 0.3) is 0 Å². The molecule has 0 aromatic heterocycles. The molecule has 0 heterocycles. The van der Waals surface area contributed by atoms with E-state index in [1.165, 1.54) is 12.2 Å². The molecule has 0 spiro atoms. The lowest BCUT2D eigenvalue weighted by Gasteiger charge is -2.25. The maximum atomic E-state index is 12.6. The Balaban J connectivity index is 4.93. The molecule has 5 heteroatoms. The minimum Gasteiger partial charge on any atom is -0.302 e. The smallest absolute Gasteiger partial charge is 0.302 e. The van der Waals surface area contributed by atoms with E-state index in [0.717, 1.165) is 0 Å². The Bertz CT molecular complexity index is 350. The van der Waals surface area contributed by atoms with Crippen molar-refractivity contribution in [1.82, 2.24) is 0 Å². The second kappa shape index (κ2) is 6.83. The zero-order valence-electron chi connectivity index (χ0n) is 13.1. The monoisotopic (exact) mass is 290 g/mol. The van der Waals surface area contributed by atoms with Crippen molar-refractivity contribution in [1.29, 1.82) is 0 Å². The topological polar surface area (TPSA) is 52.6 Å². The van der Waals surface area contributed by atoms with E-state index in [2.05, 4.69) is 0 Å². The van der Waals surface area contributed by atoms with Gasteiger partial charge in [0.25, 0.3) is 5.52 Å². The fraction of sp³-hybridized carbons (Fsp3) is 0.786. The summed E-state index contributed by atoms with van der Waals surface area (Å²) in [7, 11) is -3.75. The Kier molecular flexibility index (Phi) is 6.67. The van der Waals surface area contributed by atoms with Gasteiger partial charge in [0.05, 0.1) is 13.2 Å². The fourth-order valence-corrected chi connectivity index (χ4v) is 2.73. The van der Waals surface area contributed by atoms with E-state index in [9.17, 15) is 9.36 Å². The third-order valence-electron chi connectivity index (χ3n) is 1.91. The Morgan fingerprint density at radius 1 is 1.00 bits per heavy atom. The lowest BCUT2D eigenvalue weighted by molar-refractivity contribution is -0.110. The molecule has 0 aromatic carbocycles. The van der Waals surface area contributed by atoms with Gasteiger partial charge in [0, 0.05) is 0 Å². The highest BCUT2D eigenvalue weighted by molar-refractivity contribution is 7.72. The van der Waals surface area contributed by atoms with Gasteiger partial charge in [0.15, 0.2) is 0 Å². The van der Waals surface area contributed by atoms with Gasteiger partial charge in [-0.3, -0.25) is 9.36 Å². The molecule has 4 nitrogen and oxygen atoms in total. The van der Waals surface area contributed by atoms with Crippen LogP contribution in [-0.2, 0) is 18.4 Å². The molecular weight excluding hydrogens is 263 g/mol. The first-order valence-corrected chi connectivity index (χ1v) is 8.00. The first-order chi connectivity index (χ1) is 8.40. The Morgan fingerprint density at radius 3 is 1.63 bits per heavy atom. The fourth-order valence-electron chi connectivity index (χ4n) is 0.956. The van der Waals surface area contributed by atoms with Crippen molar-refractivity contribution in [3.63, 3.8) is 0 Å². The number of carbonyl (C=O) groups is 1. The standard InChI is InChI=1S/C14H27O4P/c1-8-9-12(15)19(16,17-10-13(2,3)4)18-11-14(5,6)7/h8-9H,10-11H2,1-7H3/b9-8+. The summed E-state index contributed by atoms with van der Waals surface area (Å²) < 4.78 is 23.2. The molecule has 0 aliphatic rings. The maximum absolute atomic E-state index is 12.6. The van der Waals surface area contributed by atoms with Crippen LogP contribution in [0.15, 0.2) is 12.2 Å². The summed E-state index contributed by atoms with van der Waals surface area (Å²) in [6, 6.07) is 0. The van der Waals surface area contributed by atoms with E-state index in [4.69, 9.17) is 9.05 Å². The van der Waals surface area contributed by atoms with Crippen molar-refractivity contribution in [3.8, 4) is 0 Å². The van der Waals surface area contributed by atoms with Gasteiger partial charge in [-0.2, -0.15) is 0 Å². The minimum absolute atomic E-state index is 0.184. The summed E-state index contributed by atoms with van der Waals surface area (Å²) in [5.74, 6) is 0. The van der Waals surface area contributed by atoms with Gasteiger partial charge in [0.2, 0.25) is 0 Å². The molecule has 0 atom stereocenters. The molecule has 0 bridgehead atoms. The molecule has 0 aliphatic carbocycles. The second-order valence-electron chi connectivity index (χ2n) is 7.00. The normalized spacial score (nSPS) is 14.1. The molecule has 0 rings (SSSR count). The zero-order valence-corrected chi connectivity index (χ0v) is 14.0. The number of allylic oxidation sites excluding steroid dienone is 2. The van der Waals surface area contributed by atoms with E-state index in [-0.39, 0.29) is 24.0 Å². The molecule has 0 aliphatic heterocycles. The molecule has 0 fully saturated rings. The summed E-state index contributed by atoms with van der Waals surface area (Å²) in [6.07, 6.45) is 2.78. The lowest BCUT2D eigenvalue weighted by atomic mass is 9.99. The van der Waals surface area contributed by atoms with Crippen LogP contribution < -0.4 is 0 Å². The van der Waals surface area contributed by atoms with Crippen molar-refractivity contribution in [2.45, 2.75) is 48.5 Å². The van der Waals surface area contributed by atoms with Gasteiger partial charge in [-0.25, -0.2) is 0 Å². The van der Waals surface area contributed by atoms with Gasteiger partial charge in [0.1, 0.15) is 0 Å². The predicted molar refractivity (Wildman–Crippen MR) is 78.2 cm³/mol.